The van der Waals surface area contributed by atoms with Crippen molar-refractivity contribution in [3.63, 3.8) is 0 Å². The van der Waals surface area contributed by atoms with E-state index >= 15 is 0 Å². The number of aliphatic carboxylic acids is 1. The number of rotatable bonds is 6. The van der Waals surface area contributed by atoms with Crippen LogP contribution in [0.1, 0.15) is 30.0 Å². The van der Waals surface area contributed by atoms with Crippen molar-refractivity contribution in [1.29, 1.82) is 0 Å². The number of carbonyl (C=O) groups is 2. The predicted octanol–water partition coefficient (Wildman–Crippen LogP) is 2.34. The van der Waals surface area contributed by atoms with E-state index in [1.54, 1.807) is 19.2 Å². The van der Waals surface area contributed by atoms with Gasteiger partial charge in [0.2, 0.25) is 5.91 Å². The molecule has 2 aromatic carbocycles. The summed E-state index contributed by atoms with van der Waals surface area (Å²) in [5.41, 5.74) is 6.34. The summed E-state index contributed by atoms with van der Waals surface area (Å²) in [4.78, 5) is 26.2. The molecule has 3 rings (SSSR count). The maximum Gasteiger partial charge on any atom is 0.314 e. The summed E-state index contributed by atoms with van der Waals surface area (Å²) >= 11 is 0. The molecule has 1 heterocycles. The SMILES string of the molecule is COc1ccc(C(C(N)=O)N2CCC(C(=O)O)(c3ccccc3)CC2)cc1. The van der Waals surface area contributed by atoms with Gasteiger partial charge in [-0.15, -0.1) is 0 Å². The van der Waals surface area contributed by atoms with Gasteiger partial charge in [-0.2, -0.15) is 0 Å². The lowest BCUT2D eigenvalue weighted by molar-refractivity contribution is -0.146. The molecule has 27 heavy (non-hydrogen) atoms. The number of carboxylic acid groups (broad SMARTS) is 1. The fourth-order valence-electron chi connectivity index (χ4n) is 3.89. The molecule has 0 aromatic heterocycles. The molecule has 1 aliphatic heterocycles. The van der Waals surface area contributed by atoms with Crippen molar-refractivity contribution >= 4 is 11.9 Å². The van der Waals surface area contributed by atoms with Crippen molar-refractivity contribution in [3.8, 4) is 5.75 Å². The monoisotopic (exact) mass is 368 g/mol. The fourth-order valence-corrected chi connectivity index (χ4v) is 3.89. The van der Waals surface area contributed by atoms with Crippen LogP contribution < -0.4 is 10.5 Å². The molecule has 0 aliphatic carbocycles. The normalized spacial score (nSPS) is 17.8. The standard InChI is InChI=1S/C21H24N2O4/c1-27-17-9-7-15(8-10-17)18(19(22)24)23-13-11-21(12-14-23,20(25)26)16-5-3-2-4-6-16/h2-10,18H,11-14H2,1H3,(H2,22,24)(H,25,26). The van der Waals surface area contributed by atoms with Gasteiger partial charge in [-0.05, 0) is 36.1 Å². The van der Waals surface area contributed by atoms with Gasteiger partial charge in [-0.3, -0.25) is 14.5 Å². The number of piperidine rings is 1. The summed E-state index contributed by atoms with van der Waals surface area (Å²) in [6.07, 6.45) is 0.846. The number of nitrogens with two attached hydrogens (primary N) is 1. The van der Waals surface area contributed by atoms with E-state index in [1.807, 2.05) is 47.4 Å². The first kappa shape index (κ1) is 18.9. The molecule has 142 valence electrons. The van der Waals surface area contributed by atoms with Crippen molar-refractivity contribution in [2.45, 2.75) is 24.3 Å². The Morgan fingerprint density at radius 1 is 1.07 bits per heavy atom. The van der Waals surface area contributed by atoms with E-state index < -0.39 is 23.3 Å². The van der Waals surface area contributed by atoms with E-state index in [4.69, 9.17) is 10.5 Å². The topological polar surface area (TPSA) is 92.9 Å². The predicted molar refractivity (Wildman–Crippen MR) is 101 cm³/mol. The number of likely N-dealkylation sites (tertiary alicyclic amines) is 1. The molecule has 1 saturated heterocycles. The molecule has 0 saturated carbocycles. The number of benzene rings is 2. The molecule has 2 aromatic rings. The van der Waals surface area contributed by atoms with Gasteiger partial charge in [0, 0.05) is 13.1 Å². The molecule has 6 nitrogen and oxygen atoms in total. The zero-order valence-electron chi connectivity index (χ0n) is 15.3. The molecule has 0 bridgehead atoms. The highest BCUT2D eigenvalue weighted by Gasteiger charge is 2.44. The summed E-state index contributed by atoms with van der Waals surface area (Å²) in [6.45, 7) is 0.946. The van der Waals surface area contributed by atoms with E-state index in [-0.39, 0.29) is 0 Å². The van der Waals surface area contributed by atoms with Gasteiger partial charge in [-0.25, -0.2) is 0 Å². The third kappa shape index (κ3) is 3.66. The van der Waals surface area contributed by atoms with Crippen molar-refractivity contribution in [2.24, 2.45) is 5.73 Å². The molecule has 1 amide bonds. The number of hydrogen-bond donors (Lipinski definition) is 2. The van der Waals surface area contributed by atoms with Crippen LogP contribution in [0.25, 0.3) is 0 Å². The third-order valence-corrected chi connectivity index (χ3v) is 5.45. The Hall–Kier alpha value is -2.86. The largest absolute Gasteiger partial charge is 0.497 e. The third-order valence-electron chi connectivity index (χ3n) is 5.45. The average Bonchev–Trinajstić information content (AvgIpc) is 2.69. The molecule has 1 fully saturated rings. The first-order valence-electron chi connectivity index (χ1n) is 8.94. The van der Waals surface area contributed by atoms with Crippen LogP contribution in [0.4, 0.5) is 0 Å². The summed E-state index contributed by atoms with van der Waals surface area (Å²) in [7, 11) is 1.58. The maximum absolute atomic E-state index is 12.2. The molecule has 0 spiro atoms. The second-order valence-corrected chi connectivity index (χ2v) is 6.87. The van der Waals surface area contributed by atoms with Crippen molar-refractivity contribution < 1.29 is 19.4 Å². The van der Waals surface area contributed by atoms with Crippen molar-refractivity contribution in [1.82, 2.24) is 4.90 Å². The van der Waals surface area contributed by atoms with Crippen LogP contribution in [0.3, 0.4) is 0 Å². The van der Waals surface area contributed by atoms with E-state index in [9.17, 15) is 14.7 Å². The lowest BCUT2D eigenvalue weighted by Crippen LogP contribution is -2.50. The van der Waals surface area contributed by atoms with Gasteiger partial charge >= 0.3 is 5.97 Å². The minimum atomic E-state index is -0.931. The number of nitrogens with zero attached hydrogens (tertiary/aromatic N) is 1. The summed E-state index contributed by atoms with van der Waals surface area (Å²) < 4.78 is 5.16. The van der Waals surface area contributed by atoms with Gasteiger partial charge in [0.1, 0.15) is 11.8 Å². The van der Waals surface area contributed by atoms with Crippen LogP contribution in [0.2, 0.25) is 0 Å². The Balaban J connectivity index is 1.83. The van der Waals surface area contributed by atoms with E-state index in [2.05, 4.69) is 0 Å². The van der Waals surface area contributed by atoms with E-state index in [0.29, 0.717) is 31.7 Å². The van der Waals surface area contributed by atoms with Crippen LogP contribution in [0, 0.1) is 0 Å². The smallest absolute Gasteiger partial charge is 0.314 e. The molecular weight excluding hydrogens is 344 g/mol. The van der Waals surface area contributed by atoms with E-state index in [1.165, 1.54) is 0 Å². The van der Waals surface area contributed by atoms with Gasteiger partial charge in [-0.1, -0.05) is 42.5 Å². The average molecular weight is 368 g/mol. The first-order chi connectivity index (χ1) is 13.0. The van der Waals surface area contributed by atoms with Crippen LogP contribution in [-0.4, -0.2) is 42.1 Å². The summed E-state index contributed by atoms with van der Waals surface area (Å²) in [5, 5.41) is 9.93. The number of methoxy groups -OCH3 is 1. The Morgan fingerprint density at radius 2 is 1.67 bits per heavy atom. The lowest BCUT2D eigenvalue weighted by Gasteiger charge is -2.41. The van der Waals surface area contributed by atoms with Crippen molar-refractivity contribution in [3.05, 3.63) is 65.7 Å². The highest BCUT2D eigenvalue weighted by molar-refractivity contribution is 5.83. The van der Waals surface area contributed by atoms with Crippen molar-refractivity contribution in [2.75, 3.05) is 20.2 Å². The Morgan fingerprint density at radius 3 is 2.15 bits per heavy atom. The number of amides is 1. The molecule has 1 atom stereocenters. The Labute approximate surface area is 158 Å². The zero-order valence-corrected chi connectivity index (χ0v) is 15.3. The number of hydrogen-bond acceptors (Lipinski definition) is 4. The number of carboxylic acids is 1. The van der Waals surface area contributed by atoms with Crippen LogP contribution in [0.5, 0.6) is 5.75 Å². The van der Waals surface area contributed by atoms with Crippen LogP contribution in [0.15, 0.2) is 54.6 Å². The van der Waals surface area contributed by atoms with Gasteiger partial charge in [0.15, 0.2) is 0 Å². The second-order valence-electron chi connectivity index (χ2n) is 6.87. The molecule has 6 heteroatoms. The minimum Gasteiger partial charge on any atom is -0.497 e. The highest BCUT2D eigenvalue weighted by atomic mass is 16.5. The Kier molecular flexibility index (Phi) is 5.46. The number of primary amides is 1. The van der Waals surface area contributed by atoms with Crippen LogP contribution in [-0.2, 0) is 15.0 Å². The Bertz CT molecular complexity index is 797. The lowest BCUT2D eigenvalue weighted by atomic mass is 9.72. The number of carbonyl (C=O) groups excluding carboxylic acids is 1. The highest BCUT2D eigenvalue weighted by Crippen LogP contribution is 2.38. The summed E-state index contributed by atoms with van der Waals surface area (Å²) in [6, 6.07) is 16.0. The molecule has 1 aliphatic rings. The van der Waals surface area contributed by atoms with Gasteiger partial charge in [0.25, 0.3) is 0 Å². The quantitative estimate of drug-likeness (QED) is 0.816. The van der Waals surface area contributed by atoms with Crippen LogP contribution >= 0.6 is 0 Å². The van der Waals surface area contributed by atoms with Gasteiger partial charge in [0.05, 0.1) is 12.5 Å². The van der Waals surface area contributed by atoms with Gasteiger partial charge < -0.3 is 15.6 Å². The molecule has 1 unspecified atom stereocenters. The minimum absolute atomic E-state index is 0.423. The molecular formula is C21H24N2O4. The second kappa shape index (κ2) is 7.80. The zero-order chi connectivity index (χ0) is 19.4. The van der Waals surface area contributed by atoms with E-state index in [0.717, 1.165) is 11.1 Å². The molecule has 0 radical (unpaired) electrons. The first-order valence-corrected chi connectivity index (χ1v) is 8.94. The molecule has 3 N–H and O–H groups in total. The maximum atomic E-state index is 12.2. The fraction of sp³-hybridized carbons (Fsp3) is 0.333. The summed E-state index contributed by atoms with van der Waals surface area (Å²) in [5.74, 6) is -0.564. The number of ether oxygens (including phenoxy) is 1.